The Bertz CT molecular complexity index is 641. The van der Waals surface area contributed by atoms with Crippen molar-refractivity contribution in [1.82, 2.24) is 0 Å². The number of hydrogen-bond donors (Lipinski definition) is 0. The molecule has 3 nitrogen and oxygen atoms in total. The first-order chi connectivity index (χ1) is 10.2. The van der Waals surface area contributed by atoms with E-state index in [-0.39, 0.29) is 5.92 Å². The van der Waals surface area contributed by atoms with Gasteiger partial charge in [-0.05, 0) is 54.3 Å². The second kappa shape index (κ2) is 6.81. The molecule has 0 aliphatic rings. The van der Waals surface area contributed by atoms with Crippen LogP contribution in [-0.2, 0) is 6.42 Å². The number of ether oxygens (including phenoxy) is 2. The van der Waals surface area contributed by atoms with E-state index in [0.717, 1.165) is 28.2 Å². The maximum atomic E-state index is 9.45. The maximum absolute atomic E-state index is 9.45. The van der Waals surface area contributed by atoms with Crippen molar-refractivity contribution in [2.75, 3.05) is 14.2 Å². The predicted octanol–water partition coefficient (Wildman–Crippen LogP) is 3.86. The van der Waals surface area contributed by atoms with E-state index in [1.165, 1.54) is 0 Å². The van der Waals surface area contributed by atoms with Gasteiger partial charge in [-0.3, -0.25) is 0 Å². The van der Waals surface area contributed by atoms with Crippen molar-refractivity contribution < 1.29 is 9.47 Å². The molecular formula is C18H19NO2. The van der Waals surface area contributed by atoms with Gasteiger partial charge in [-0.2, -0.15) is 5.26 Å². The highest BCUT2D eigenvalue weighted by Gasteiger charge is 2.13. The van der Waals surface area contributed by atoms with Crippen LogP contribution in [0.3, 0.4) is 0 Å². The van der Waals surface area contributed by atoms with Crippen LogP contribution in [0.25, 0.3) is 0 Å². The summed E-state index contributed by atoms with van der Waals surface area (Å²) in [4.78, 5) is 0. The largest absolute Gasteiger partial charge is 0.497 e. The van der Waals surface area contributed by atoms with Crippen LogP contribution in [0.5, 0.6) is 11.5 Å². The molecule has 21 heavy (non-hydrogen) atoms. The molecular weight excluding hydrogens is 262 g/mol. The molecule has 0 N–H and O–H groups in total. The fourth-order valence-electron chi connectivity index (χ4n) is 2.32. The van der Waals surface area contributed by atoms with Crippen molar-refractivity contribution in [1.29, 1.82) is 5.26 Å². The second-order valence-corrected chi connectivity index (χ2v) is 4.95. The molecule has 0 spiro atoms. The lowest BCUT2D eigenvalue weighted by Gasteiger charge is -2.13. The van der Waals surface area contributed by atoms with Crippen LogP contribution >= 0.6 is 0 Å². The average molecular weight is 281 g/mol. The molecule has 0 saturated carbocycles. The summed E-state index contributed by atoms with van der Waals surface area (Å²) in [6.45, 7) is 2.04. The van der Waals surface area contributed by atoms with E-state index >= 15 is 0 Å². The van der Waals surface area contributed by atoms with Crippen molar-refractivity contribution in [2.45, 2.75) is 19.3 Å². The molecule has 1 atom stereocenters. The van der Waals surface area contributed by atoms with E-state index in [9.17, 15) is 5.26 Å². The van der Waals surface area contributed by atoms with Crippen LogP contribution in [0.1, 0.15) is 22.6 Å². The van der Waals surface area contributed by atoms with Crippen molar-refractivity contribution in [2.24, 2.45) is 0 Å². The van der Waals surface area contributed by atoms with E-state index in [2.05, 4.69) is 6.07 Å². The number of hydrogen-bond acceptors (Lipinski definition) is 3. The normalized spacial score (nSPS) is 11.5. The van der Waals surface area contributed by atoms with Crippen molar-refractivity contribution in [3.8, 4) is 17.6 Å². The molecule has 2 aromatic rings. The van der Waals surface area contributed by atoms with E-state index in [1.54, 1.807) is 14.2 Å². The zero-order chi connectivity index (χ0) is 15.2. The zero-order valence-corrected chi connectivity index (χ0v) is 12.6. The van der Waals surface area contributed by atoms with Gasteiger partial charge in [0.05, 0.1) is 26.2 Å². The summed E-state index contributed by atoms with van der Waals surface area (Å²) >= 11 is 0. The highest BCUT2D eigenvalue weighted by atomic mass is 16.5. The summed E-state index contributed by atoms with van der Waals surface area (Å²) in [6, 6.07) is 16.0. The van der Waals surface area contributed by atoms with Gasteiger partial charge in [-0.1, -0.05) is 18.2 Å². The third-order valence-electron chi connectivity index (χ3n) is 3.65. The molecule has 108 valence electrons. The molecule has 3 heteroatoms. The minimum atomic E-state index is -0.164. The lowest BCUT2D eigenvalue weighted by Crippen LogP contribution is -2.02. The molecule has 0 aliphatic heterocycles. The van der Waals surface area contributed by atoms with Gasteiger partial charge in [-0.25, -0.2) is 0 Å². The Kier molecular flexibility index (Phi) is 4.84. The van der Waals surface area contributed by atoms with Gasteiger partial charge in [0.2, 0.25) is 0 Å². The Morgan fingerprint density at radius 1 is 1.00 bits per heavy atom. The summed E-state index contributed by atoms with van der Waals surface area (Å²) in [6.07, 6.45) is 0.693. The molecule has 0 aromatic heterocycles. The average Bonchev–Trinajstić information content (AvgIpc) is 2.54. The quantitative estimate of drug-likeness (QED) is 0.835. The number of nitrogens with zero attached hydrogens (tertiary/aromatic N) is 1. The summed E-state index contributed by atoms with van der Waals surface area (Å²) in [7, 11) is 3.29. The highest BCUT2D eigenvalue weighted by molar-refractivity contribution is 5.38. The molecule has 0 fully saturated rings. The molecule has 2 rings (SSSR count). The van der Waals surface area contributed by atoms with Crippen LogP contribution in [0.2, 0.25) is 0 Å². The van der Waals surface area contributed by atoms with E-state index < -0.39 is 0 Å². The van der Waals surface area contributed by atoms with Gasteiger partial charge >= 0.3 is 0 Å². The smallest absolute Gasteiger partial charge is 0.119 e. The van der Waals surface area contributed by atoms with Crippen LogP contribution in [0, 0.1) is 18.3 Å². The van der Waals surface area contributed by atoms with Crippen molar-refractivity contribution in [3.63, 3.8) is 0 Å². The molecule has 0 radical (unpaired) electrons. The van der Waals surface area contributed by atoms with Crippen LogP contribution in [-0.4, -0.2) is 14.2 Å². The Morgan fingerprint density at radius 2 is 1.62 bits per heavy atom. The number of aryl methyl sites for hydroxylation is 1. The summed E-state index contributed by atoms with van der Waals surface area (Å²) in [5.41, 5.74) is 3.31. The fraction of sp³-hybridized carbons (Fsp3) is 0.278. The van der Waals surface area contributed by atoms with Gasteiger partial charge in [0.15, 0.2) is 0 Å². The standard InChI is InChI=1S/C18H19NO2/c1-13-10-18(21-3)9-6-15(13)11-16(12-19)14-4-7-17(20-2)8-5-14/h4-10,16H,11H2,1-3H3. The third kappa shape index (κ3) is 3.55. The van der Waals surface area contributed by atoms with Gasteiger partial charge in [0.1, 0.15) is 11.5 Å². The van der Waals surface area contributed by atoms with E-state index in [1.807, 2.05) is 49.4 Å². The Hall–Kier alpha value is -2.47. The first-order valence-electron chi connectivity index (χ1n) is 6.85. The monoisotopic (exact) mass is 281 g/mol. The van der Waals surface area contributed by atoms with E-state index in [0.29, 0.717) is 6.42 Å². The molecule has 0 bridgehead atoms. The maximum Gasteiger partial charge on any atom is 0.119 e. The minimum absolute atomic E-state index is 0.164. The number of rotatable bonds is 5. The SMILES string of the molecule is COc1ccc(C(C#N)Cc2ccc(OC)cc2C)cc1. The van der Waals surface area contributed by atoms with Crippen LogP contribution < -0.4 is 9.47 Å². The first-order valence-corrected chi connectivity index (χ1v) is 6.85. The van der Waals surface area contributed by atoms with E-state index in [4.69, 9.17) is 9.47 Å². The lowest BCUT2D eigenvalue weighted by atomic mass is 9.91. The van der Waals surface area contributed by atoms with Gasteiger partial charge < -0.3 is 9.47 Å². The first kappa shape index (κ1) is 14.9. The molecule has 2 aromatic carbocycles. The van der Waals surface area contributed by atoms with Gasteiger partial charge in [-0.15, -0.1) is 0 Å². The topological polar surface area (TPSA) is 42.2 Å². The zero-order valence-electron chi connectivity index (χ0n) is 12.6. The lowest BCUT2D eigenvalue weighted by molar-refractivity contribution is 0.414. The van der Waals surface area contributed by atoms with Gasteiger partial charge in [0.25, 0.3) is 0 Å². The second-order valence-electron chi connectivity index (χ2n) is 4.95. The Balaban J connectivity index is 2.20. The number of methoxy groups -OCH3 is 2. The highest BCUT2D eigenvalue weighted by Crippen LogP contribution is 2.25. The van der Waals surface area contributed by atoms with Crippen LogP contribution in [0.4, 0.5) is 0 Å². The molecule has 0 heterocycles. The summed E-state index contributed by atoms with van der Waals surface area (Å²) in [5.74, 6) is 1.48. The summed E-state index contributed by atoms with van der Waals surface area (Å²) in [5, 5.41) is 9.45. The number of nitriles is 1. The van der Waals surface area contributed by atoms with Crippen LogP contribution in [0.15, 0.2) is 42.5 Å². The Labute approximate surface area is 125 Å². The minimum Gasteiger partial charge on any atom is -0.497 e. The Morgan fingerprint density at radius 3 is 2.14 bits per heavy atom. The predicted molar refractivity (Wildman–Crippen MR) is 82.8 cm³/mol. The molecule has 1 unspecified atom stereocenters. The molecule has 0 aliphatic carbocycles. The van der Waals surface area contributed by atoms with Crippen molar-refractivity contribution in [3.05, 3.63) is 59.2 Å². The molecule has 0 amide bonds. The van der Waals surface area contributed by atoms with Crippen molar-refractivity contribution >= 4 is 0 Å². The van der Waals surface area contributed by atoms with Gasteiger partial charge in [0, 0.05) is 0 Å². The summed E-state index contributed by atoms with van der Waals surface area (Å²) < 4.78 is 10.4. The fourth-order valence-corrected chi connectivity index (χ4v) is 2.32. The number of benzene rings is 2. The molecule has 0 saturated heterocycles. The third-order valence-corrected chi connectivity index (χ3v) is 3.65.